The van der Waals surface area contributed by atoms with Gasteiger partial charge in [-0.2, -0.15) is 0 Å². The number of benzene rings is 2. The molecule has 0 aliphatic carbocycles. The van der Waals surface area contributed by atoms with Crippen molar-refractivity contribution >= 4 is 38.9 Å². The number of carbonyl (C=O) groups is 1. The molecule has 0 spiro atoms. The summed E-state index contributed by atoms with van der Waals surface area (Å²) < 4.78 is 30.0. The van der Waals surface area contributed by atoms with Crippen LogP contribution in [-0.2, 0) is 14.8 Å². The minimum Gasteiger partial charge on any atom is -0.481 e. The van der Waals surface area contributed by atoms with E-state index < -0.39 is 16.1 Å². The van der Waals surface area contributed by atoms with E-state index in [1.165, 1.54) is 11.4 Å². The first-order valence-electron chi connectivity index (χ1n) is 7.97. The second-order valence-electron chi connectivity index (χ2n) is 5.74. The molecule has 0 saturated heterocycles. The van der Waals surface area contributed by atoms with Gasteiger partial charge < -0.3 is 10.1 Å². The molecule has 0 bridgehead atoms. The van der Waals surface area contributed by atoms with Crippen molar-refractivity contribution in [2.24, 2.45) is 0 Å². The summed E-state index contributed by atoms with van der Waals surface area (Å²) in [5.74, 6) is 0.209. The lowest BCUT2D eigenvalue weighted by Gasteiger charge is -2.19. The van der Waals surface area contributed by atoms with E-state index in [1.807, 2.05) is 6.92 Å². The number of anilines is 2. The van der Waals surface area contributed by atoms with E-state index in [0.29, 0.717) is 28.6 Å². The van der Waals surface area contributed by atoms with Crippen molar-refractivity contribution in [1.82, 2.24) is 0 Å². The van der Waals surface area contributed by atoms with Crippen LogP contribution < -0.4 is 14.4 Å². The van der Waals surface area contributed by atoms with E-state index in [0.717, 1.165) is 6.26 Å². The molecule has 6 nitrogen and oxygen atoms in total. The predicted molar refractivity (Wildman–Crippen MR) is 104 cm³/mol. The Bertz CT molecular complexity index is 852. The molecule has 0 aliphatic rings. The van der Waals surface area contributed by atoms with E-state index in [4.69, 9.17) is 16.3 Å². The molecule has 2 aromatic carbocycles. The summed E-state index contributed by atoms with van der Waals surface area (Å²) in [6.07, 6.45) is 0.930. The van der Waals surface area contributed by atoms with Gasteiger partial charge in [0.05, 0.1) is 11.9 Å². The number of hydrogen-bond donors (Lipinski definition) is 1. The van der Waals surface area contributed by atoms with Crippen LogP contribution in [0.1, 0.15) is 13.3 Å². The maximum absolute atomic E-state index is 12.4. The van der Waals surface area contributed by atoms with Crippen molar-refractivity contribution in [2.45, 2.75) is 19.4 Å². The van der Waals surface area contributed by atoms with Gasteiger partial charge in [-0.25, -0.2) is 8.42 Å². The van der Waals surface area contributed by atoms with Crippen LogP contribution in [0.25, 0.3) is 0 Å². The second-order valence-corrected chi connectivity index (χ2v) is 8.19. The summed E-state index contributed by atoms with van der Waals surface area (Å²) in [5.41, 5.74) is 1.14. The lowest BCUT2D eigenvalue weighted by molar-refractivity contribution is -0.122. The van der Waals surface area contributed by atoms with Gasteiger partial charge >= 0.3 is 0 Å². The maximum atomic E-state index is 12.4. The van der Waals surface area contributed by atoms with Crippen LogP contribution in [0.4, 0.5) is 11.4 Å². The second kappa shape index (κ2) is 8.42. The summed E-state index contributed by atoms with van der Waals surface area (Å²) in [5, 5.41) is 3.37. The lowest BCUT2D eigenvalue weighted by atomic mass is 10.2. The van der Waals surface area contributed by atoms with E-state index in [1.54, 1.807) is 48.5 Å². The highest BCUT2D eigenvalue weighted by atomic mass is 35.5. The quantitative estimate of drug-likeness (QED) is 0.776. The fraction of sp³-hybridized carbons (Fsp3) is 0.278. The Hall–Kier alpha value is -2.25. The number of nitrogens with one attached hydrogen (secondary N) is 1. The molecule has 140 valence electrons. The largest absolute Gasteiger partial charge is 0.481 e. The predicted octanol–water partition coefficient (Wildman–Crippen LogP) is 3.53. The Labute approximate surface area is 158 Å². The Morgan fingerprint density at radius 2 is 1.73 bits per heavy atom. The summed E-state index contributed by atoms with van der Waals surface area (Å²) >= 11 is 5.83. The molecule has 1 N–H and O–H groups in total. The average Bonchev–Trinajstić information content (AvgIpc) is 2.60. The highest BCUT2D eigenvalue weighted by Gasteiger charge is 2.19. The monoisotopic (exact) mass is 396 g/mol. The summed E-state index contributed by atoms with van der Waals surface area (Å²) in [6.45, 7) is 1.85. The lowest BCUT2D eigenvalue weighted by Crippen LogP contribution is -2.32. The van der Waals surface area contributed by atoms with Crippen molar-refractivity contribution < 1.29 is 17.9 Å². The minimum atomic E-state index is -3.33. The molecule has 0 aromatic heterocycles. The molecule has 0 heterocycles. The van der Waals surface area contributed by atoms with Crippen molar-refractivity contribution in [3.63, 3.8) is 0 Å². The van der Waals surface area contributed by atoms with Gasteiger partial charge in [-0.15, -0.1) is 0 Å². The zero-order valence-electron chi connectivity index (χ0n) is 14.8. The number of nitrogens with zero attached hydrogens (tertiary/aromatic N) is 1. The van der Waals surface area contributed by atoms with E-state index in [9.17, 15) is 13.2 Å². The van der Waals surface area contributed by atoms with Crippen LogP contribution in [0.5, 0.6) is 5.75 Å². The first-order chi connectivity index (χ1) is 12.2. The first-order valence-corrected chi connectivity index (χ1v) is 10.2. The number of carbonyl (C=O) groups excluding carboxylic acids is 1. The maximum Gasteiger partial charge on any atom is 0.265 e. The minimum absolute atomic E-state index is 0.271. The zero-order valence-corrected chi connectivity index (χ0v) is 16.3. The molecule has 0 unspecified atom stereocenters. The third-order valence-electron chi connectivity index (χ3n) is 3.75. The Morgan fingerprint density at radius 1 is 1.15 bits per heavy atom. The third kappa shape index (κ3) is 5.37. The van der Waals surface area contributed by atoms with Crippen LogP contribution in [0, 0.1) is 0 Å². The molecule has 0 aliphatic heterocycles. The topological polar surface area (TPSA) is 75.7 Å². The molecule has 0 radical (unpaired) electrons. The average molecular weight is 397 g/mol. The van der Waals surface area contributed by atoms with Gasteiger partial charge in [0, 0.05) is 17.8 Å². The standard InChI is InChI=1S/C18H21ClN2O4S/c1-4-17(18(22)20-14-7-5-13(19)6-8-14)25-16-11-9-15(10-12-16)21(2)26(3,23)24/h5-12,17H,4H2,1-3H3,(H,20,22)/t17-/m1/s1. The molecule has 8 heteroatoms. The summed E-state index contributed by atoms with van der Waals surface area (Å²) in [7, 11) is -1.86. The van der Waals surface area contributed by atoms with Crippen molar-refractivity contribution in [3.8, 4) is 5.75 Å². The van der Waals surface area contributed by atoms with Crippen LogP contribution in [0.3, 0.4) is 0 Å². The number of hydrogen-bond acceptors (Lipinski definition) is 4. The first kappa shape index (κ1) is 20.1. The molecular weight excluding hydrogens is 376 g/mol. The van der Waals surface area contributed by atoms with E-state index in [2.05, 4.69) is 5.32 Å². The van der Waals surface area contributed by atoms with Crippen LogP contribution >= 0.6 is 11.6 Å². The van der Waals surface area contributed by atoms with Crippen LogP contribution in [0.15, 0.2) is 48.5 Å². The van der Waals surface area contributed by atoms with Crippen molar-refractivity contribution in [3.05, 3.63) is 53.6 Å². The number of halogens is 1. The van der Waals surface area contributed by atoms with Gasteiger partial charge in [-0.3, -0.25) is 9.10 Å². The Balaban J connectivity index is 2.04. The van der Waals surface area contributed by atoms with Crippen molar-refractivity contribution in [1.29, 1.82) is 0 Å². The summed E-state index contributed by atoms with van der Waals surface area (Å²) in [6, 6.07) is 13.3. The number of amides is 1. The molecule has 1 atom stereocenters. The van der Waals surface area contributed by atoms with Gasteiger partial charge in [0.25, 0.3) is 5.91 Å². The van der Waals surface area contributed by atoms with E-state index >= 15 is 0 Å². The van der Waals surface area contributed by atoms with Gasteiger partial charge in [-0.1, -0.05) is 18.5 Å². The molecule has 0 saturated carbocycles. The number of sulfonamides is 1. The Morgan fingerprint density at radius 3 is 2.23 bits per heavy atom. The molecule has 1 amide bonds. The fourth-order valence-corrected chi connectivity index (χ4v) is 2.80. The fourth-order valence-electron chi connectivity index (χ4n) is 2.17. The SMILES string of the molecule is CC[C@@H](Oc1ccc(N(C)S(C)(=O)=O)cc1)C(=O)Nc1ccc(Cl)cc1. The van der Waals surface area contributed by atoms with E-state index in [-0.39, 0.29) is 5.91 Å². The molecule has 2 rings (SSSR count). The highest BCUT2D eigenvalue weighted by molar-refractivity contribution is 7.92. The normalized spacial score (nSPS) is 12.3. The number of rotatable bonds is 7. The molecule has 26 heavy (non-hydrogen) atoms. The highest BCUT2D eigenvalue weighted by Crippen LogP contribution is 2.22. The molecular formula is C18H21ClN2O4S. The third-order valence-corrected chi connectivity index (χ3v) is 5.21. The summed E-state index contributed by atoms with van der Waals surface area (Å²) in [4.78, 5) is 12.4. The van der Waals surface area contributed by atoms with Crippen molar-refractivity contribution in [2.75, 3.05) is 22.9 Å². The van der Waals surface area contributed by atoms with Gasteiger partial charge in [0.2, 0.25) is 10.0 Å². The number of ether oxygens (including phenoxy) is 1. The molecule has 2 aromatic rings. The Kier molecular flexibility index (Phi) is 6.50. The zero-order chi connectivity index (χ0) is 19.3. The van der Waals surface area contributed by atoms with Crippen LogP contribution in [0.2, 0.25) is 5.02 Å². The van der Waals surface area contributed by atoms with Gasteiger partial charge in [-0.05, 0) is 55.0 Å². The van der Waals surface area contributed by atoms with Gasteiger partial charge in [0.15, 0.2) is 6.10 Å². The van der Waals surface area contributed by atoms with Gasteiger partial charge in [0.1, 0.15) is 5.75 Å². The van der Waals surface area contributed by atoms with Crippen LogP contribution in [-0.4, -0.2) is 33.7 Å². The molecule has 0 fully saturated rings. The smallest absolute Gasteiger partial charge is 0.265 e.